The van der Waals surface area contributed by atoms with Crippen molar-refractivity contribution in [3.05, 3.63) is 48.0 Å². The Balaban J connectivity index is 2.54. The summed E-state index contributed by atoms with van der Waals surface area (Å²) in [5.74, 6) is -0.354. The van der Waals surface area contributed by atoms with E-state index < -0.39 is 0 Å². The fourth-order valence-corrected chi connectivity index (χ4v) is 1.64. The lowest BCUT2D eigenvalue weighted by molar-refractivity contribution is -0.136. The number of hydrogen-bond donors (Lipinski definition) is 0. The van der Waals surface area contributed by atoms with E-state index in [4.69, 9.17) is 4.74 Å². The predicted octanol–water partition coefficient (Wildman–Crippen LogP) is 2.88. The molecule has 0 radical (unpaired) electrons. The third-order valence-electron chi connectivity index (χ3n) is 2.64. The lowest BCUT2D eigenvalue weighted by Crippen LogP contribution is -2.07. The molecule has 0 fully saturated rings. The lowest BCUT2D eigenvalue weighted by Gasteiger charge is -2.15. The van der Waals surface area contributed by atoms with Gasteiger partial charge in [0.1, 0.15) is 0 Å². The largest absolute Gasteiger partial charge is 0.466 e. The van der Waals surface area contributed by atoms with Crippen LogP contribution in [0.1, 0.15) is 24.5 Å². The molecule has 0 heterocycles. The molecule has 0 N–H and O–H groups in total. The number of rotatable bonds is 6. The Labute approximate surface area is 102 Å². The van der Waals surface area contributed by atoms with E-state index in [1.54, 1.807) is 7.11 Å². The lowest BCUT2D eigenvalue weighted by atomic mass is 10.0. The Kier molecular flexibility index (Phi) is 5.43. The van der Waals surface area contributed by atoms with Gasteiger partial charge in [0.2, 0.25) is 0 Å². The molecule has 0 aliphatic heterocycles. The zero-order chi connectivity index (χ0) is 12.7. The van der Waals surface area contributed by atoms with Gasteiger partial charge in [-0.3, -0.25) is 0 Å². The number of carbonyl (C=O) groups excluding carboxylic acids is 1. The van der Waals surface area contributed by atoms with Crippen molar-refractivity contribution in [1.29, 1.82) is 0 Å². The van der Waals surface area contributed by atoms with Crippen LogP contribution in [0, 0.1) is 0 Å². The Morgan fingerprint density at radius 3 is 2.47 bits per heavy atom. The summed E-state index contributed by atoms with van der Waals surface area (Å²) in [6.07, 6.45) is 1.27. The first-order chi connectivity index (χ1) is 8.19. The van der Waals surface area contributed by atoms with E-state index >= 15 is 0 Å². The number of ether oxygens (including phenoxy) is 2. The molecule has 0 saturated heterocycles. The molecule has 17 heavy (non-hydrogen) atoms. The highest BCUT2D eigenvalue weighted by Crippen LogP contribution is 2.23. The predicted molar refractivity (Wildman–Crippen MR) is 66.6 cm³/mol. The topological polar surface area (TPSA) is 35.5 Å². The molecule has 1 atom stereocenters. The second-order valence-electron chi connectivity index (χ2n) is 3.77. The van der Waals surface area contributed by atoms with Crippen LogP contribution in [0.4, 0.5) is 0 Å². The summed E-state index contributed by atoms with van der Waals surface area (Å²) < 4.78 is 10.0. The molecule has 1 rings (SSSR count). The SMILES string of the molecule is C=C(CCC(OC)c1ccccc1)C(=O)OC. The van der Waals surface area contributed by atoms with E-state index in [9.17, 15) is 4.79 Å². The molecule has 0 bridgehead atoms. The van der Waals surface area contributed by atoms with Gasteiger partial charge < -0.3 is 9.47 Å². The van der Waals surface area contributed by atoms with Crippen LogP contribution in [-0.4, -0.2) is 20.2 Å². The highest BCUT2D eigenvalue weighted by atomic mass is 16.5. The van der Waals surface area contributed by atoms with Gasteiger partial charge in [-0.15, -0.1) is 0 Å². The van der Waals surface area contributed by atoms with Crippen molar-refractivity contribution in [1.82, 2.24) is 0 Å². The van der Waals surface area contributed by atoms with Gasteiger partial charge in [0.25, 0.3) is 0 Å². The van der Waals surface area contributed by atoms with Gasteiger partial charge in [-0.2, -0.15) is 0 Å². The minimum absolute atomic E-state index is 0.0161. The van der Waals surface area contributed by atoms with Crippen LogP contribution in [0.25, 0.3) is 0 Å². The zero-order valence-electron chi connectivity index (χ0n) is 10.3. The van der Waals surface area contributed by atoms with E-state index in [2.05, 4.69) is 11.3 Å². The summed E-state index contributed by atoms with van der Waals surface area (Å²) in [5, 5.41) is 0. The number of methoxy groups -OCH3 is 2. The minimum Gasteiger partial charge on any atom is -0.466 e. The van der Waals surface area contributed by atoms with Crippen molar-refractivity contribution in [2.75, 3.05) is 14.2 Å². The van der Waals surface area contributed by atoms with Crippen molar-refractivity contribution < 1.29 is 14.3 Å². The molecular formula is C14H18O3. The van der Waals surface area contributed by atoms with Gasteiger partial charge in [0, 0.05) is 12.7 Å². The van der Waals surface area contributed by atoms with E-state index in [1.807, 2.05) is 30.3 Å². The average molecular weight is 234 g/mol. The normalized spacial score (nSPS) is 11.9. The first-order valence-corrected chi connectivity index (χ1v) is 5.53. The van der Waals surface area contributed by atoms with Crippen LogP contribution in [0.5, 0.6) is 0 Å². The fraction of sp³-hybridized carbons (Fsp3) is 0.357. The highest BCUT2D eigenvalue weighted by Gasteiger charge is 2.13. The molecule has 3 heteroatoms. The van der Waals surface area contributed by atoms with Crippen LogP contribution >= 0.6 is 0 Å². The Bertz CT molecular complexity index is 370. The van der Waals surface area contributed by atoms with Crippen LogP contribution in [0.3, 0.4) is 0 Å². The maximum Gasteiger partial charge on any atom is 0.333 e. The van der Waals surface area contributed by atoms with Gasteiger partial charge in [0.15, 0.2) is 0 Å². The third-order valence-corrected chi connectivity index (χ3v) is 2.64. The molecule has 0 aliphatic carbocycles. The second-order valence-corrected chi connectivity index (χ2v) is 3.77. The highest BCUT2D eigenvalue weighted by molar-refractivity contribution is 5.87. The Morgan fingerprint density at radius 2 is 1.94 bits per heavy atom. The smallest absolute Gasteiger partial charge is 0.333 e. The number of esters is 1. The number of benzene rings is 1. The Morgan fingerprint density at radius 1 is 1.29 bits per heavy atom. The molecule has 1 unspecified atom stereocenters. The summed E-state index contributed by atoms with van der Waals surface area (Å²) in [7, 11) is 3.02. The van der Waals surface area contributed by atoms with Crippen molar-refractivity contribution in [2.24, 2.45) is 0 Å². The standard InChI is InChI=1S/C14H18O3/c1-11(14(15)17-3)9-10-13(16-2)12-7-5-4-6-8-12/h4-8,13H,1,9-10H2,2-3H3. The monoisotopic (exact) mass is 234 g/mol. The van der Waals surface area contributed by atoms with E-state index in [-0.39, 0.29) is 12.1 Å². The fourth-order valence-electron chi connectivity index (χ4n) is 1.64. The Hall–Kier alpha value is -1.61. The molecule has 0 aromatic heterocycles. The molecule has 1 aromatic rings. The van der Waals surface area contributed by atoms with Crippen molar-refractivity contribution >= 4 is 5.97 Å². The maximum absolute atomic E-state index is 11.2. The van der Waals surface area contributed by atoms with Gasteiger partial charge in [-0.1, -0.05) is 36.9 Å². The van der Waals surface area contributed by atoms with E-state index in [1.165, 1.54) is 7.11 Å². The number of hydrogen-bond acceptors (Lipinski definition) is 3. The molecule has 3 nitrogen and oxygen atoms in total. The van der Waals surface area contributed by atoms with Crippen molar-refractivity contribution in [3.63, 3.8) is 0 Å². The first kappa shape index (κ1) is 13.5. The molecule has 1 aromatic carbocycles. The van der Waals surface area contributed by atoms with Crippen LogP contribution in [0.15, 0.2) is 42.5 Å². The molecule has 0 aliphatic rings. The second kappa shape index (κ2) is 6.86. The summed E-state index contributed by atoms with van der Waals surface area (Å²) in [6, 6.07) is 9.92. The van der Waals surface area contributed by atoms with Crippen LogP contribution in [-0.2, 0) is 14.3 Å². The summed E-state index contributed by atoms with van der Waals surface area (Å²) >= 11 is 0. The summed E-state index contributed by atoms with van der Waals surface area (Å²) in [5.41, 5.74) is 1.58. The summed E-state index contributed by atoms with van der Waals surface area (Å²) in [6.45, 7) is 3.70. The van der Waals surface area contributed by atoms with Crippen molar-refractivity contribution in [2.45, 2.75) is 18.9 Å². The van der Waals surface area contributed by atoms with Gasteiger partial charge in [-0.25, -0.2) is 4.79 Å². The zero-order valence-corrected chi connectivity index (χ0v) is 10.3. The van der Waals surface area contributed by atoms with Gasteiger partial charge in [0.05, 0.1) is 13.2 Å². The van der Waals surface area contributed by atoms with Crippen molar-refractivity contribution in [3.8, 4) is 0 Å². The maximum atomic E-state index is 11.2. The van der Waals surface area contributed by atoms with Crippen LogP contribution < -0.4 is 0 Å². The van der Waals surface area contributed by atoms with E-state index in [0.29, 0.717) is 18.4 Å². The average Bonchev–Trinajstić information content (AvgIpc) is 2.39. The third kappa shape index (κ3) is 4.04. The molecular weight excluding hydrogens is 216 g/mol. The molecule has 0 saturated carbocycles. The van der Waals surface area contributed by atoms with Gasteiger partial charge in [-0.05, 0) is 18.4 Å². The molecule has 0 spiro atoms. The van der Waals surface area contributed by atoms with E-state index in [0.717, 1.165) is 5.56 Å². The minimum atomic E-state index is -0.354. The summed E-state index contributed by atoms with van der Waals surface area (Å²) in [4.78, 5) is 11.2. The quantitative estimate of drug-likeness (QED) is 0.561. The number of carbonyl (C=O) groups is 1. The molecule has 92 valence electrons. The molecule has 0 amide bonds. The first-order valence-electron chi connectivity index (χ1n) is 5.53. The van der Waals surface area contributed by atoms with Gasteiger partial charge >= 0.3 is 5.97 Å². The van der Waals surface area contributed by atoms with Crippen LogP contribution in [0.2, 0.25) is 0 Å².